The molecule has 1 N–H and O–H groups in total. The zero-order valence-corrected chi connectivity index (χ0v) is 11.5. The van der Waals surface area contributed by atoms with Crippen LogP contribution in [0.15, 0.2) is 36.4 Å². The van der Waals surface area contributed by atoms with Crippen LogP contribution in [0, 0.1) is 5.92 Å². The molecule has 0 radical (unpaired) electrons. The normalized spacial score (nSPS) is 12.9. The molecule has 2 aromatic rings. The number of anilines is 1. The Morgan fingerprint density at radius 1 is 1.06 bits per heavy atom. The first-order valence-electron chi connectivity index (χ1n) is 6.87. The van der Waals surface area contributed by atoms with Crippen molar-refractivity contribution in [2.75, 3.05) is 5.32 Å². The maximum atomic E-state index is 4.66. The molecule has 1 heterocycles. The molecule has 18 heavy (non-hydrogen) atoms. The smallest absolute Gasteiger partial charge is 0.126 e. The number of nitrogens with one attached hydrogen (secondary N) is 1. The molecule has 1 aromatic carbocycles. The lowest BCUT2D eigenvalue weighted by Gasteiger charge is -2.23. The van der Waals surface area contributed by atoms with Crippen LogP contribution in [0.2, 0.25) is 0 Å². The summed E-state index contributed by atoms with van der Waals surface area (Å²) in [6.45, 7) is 6.74. The molecule has 1 atom stereocenters. The lowest BCUT2D eigenvalue weighted by molar-refractivity contribution is 0.437. The zero-order chi connectivity index (χ0) is 13.0. The van der Waals surface area contributed by atoms with Crippen LogP contribution in [0.5, 0.6) is 0 Å². The molecule has 1 aromatic heterocycles. The van der Waals surface area contributed by atoms with Crippen molar-refractivity contribution in [3.63, 3.8) is 0 Å². The largest absolute Gasteiger partial charge is 0.367 e. The molecule has 2 nitrogen and oxygen atoms in total. The highest BCUT2D eigenvalue weighted by atomic mass is 15.0. The molecule has 0 aliphatic heterocycles. The summed E-state index contributed by atoms with van der Waals surface area (Å²) >= 11 is 0. The molecule has 0 amide bonds. The number of nitrogens with zero attached hydrogens (tertiary/aromatic N) is 1. The molecule has 96 valence electrons. The highest BCUT2D eigenvalue weighted by molar-refractivity contribution is 5.80. The Morgan fingerprint density at radius 3 is 2.50 bits per heavy atom. The first-order valence-corrected chi connectivity index (χ1v) is 6.87. The number of aromatic nitrogens is 1. The molecule has 0 spiro atoms. The summed E-state index contributed by atoms with van der Waals surface area (Å²) in [7, 11) is 0. The van der Waals surface area contributed by atoms with Crippen molar-refractivity contribution in [1.29, 1.82) is 0 Å². The van der Waals surface area contributed by atoms with Gasteiger partial charge in [-0.3, -0.25) is 0 Å². The third-order valence-electron chi connectivity index (χ3n) is 3.73. The maximum Gasteiger partial charge on any atom is 0.126 e. The fraction of sp³-hybridized carbons (Fsp3) is 0.438. The third kappa shape index (κ3) is 2.81. The number of para-hydroxylation sites is 1. The van der Waals surface area contributed by atoms with Crippen molar-refractivity contribution in [1.82, 2.24) is 4.98 Å². The summed E-state index contributed by atoms with van der Waals surface area (Å²) in [4.78, 5) is 4.66. The number of hydrogen-bond donors (Lipinski definition) is 1. The Labute approximate surface area is 109 Å². The molecular formula is C16H22N2. The van der Waals surface area contributed by atoms with Crippen molar-refractivity contribution in [2.45, 2.75) is 39.7 Å². The van der Waals surface area contributed by atoms with E-state index < -0.39 is 0 Å². The minimum absolute atomic E-state index is 0.466. The summed E-state index contributed by atoms with van der Waals surface area (Å²) in [5.41, 5.74) is 1.05. The number of fused-ring (bicyclic) bond motifs is 1. The van der Waals surface area contributed by atoms with E-state index >= 15 is 0 Å². The van der Waals surface area contributed by atoms with Gasteiger partial charge in [0.2, 0.25) is 0 Å². The van der Waals surface area contributed by atoms with Gasteiger partial charge in [-0.2, -0.15) is 0 Å². The summed E-state index contributed by atoms with van der Waals surface area (Å²) in [5, 5.41) is 4.72. The van der Waals surface area contributed by atoms with Crippen molar-refractivity contribution in [3.8, 4) is 0 Å². The molecule has 0 fully saturated rings. The van der Waals surface area contributed by atoms with E-state index in [1.165, 1.54) is 18.2 Å². The molecule has 2 heteroatoms. The van der Waals surface area contributed by atoms with Crippen LogP contribution in [0.4, 0.5) is 5.82 Å². The quantitative estimate of drug-likeness (QED) is 0.836. The number of rotatable bonds is 5. The van der Waals surface area contributed by atoms with Crippen molar-refractivity contribution >= 4 is 16.7 Å². The number of benzene rings is 1. The molecule has 2 rings (SSSR count). The van der Waals surface area contributed by atoms with Crippen LogP contribution in [0.1, 0.15) is 33.6 Å². The second-order valence-corrected chi connectivity index (χ2v) is 4.90. The van der Waals surface area contributed by atoms with Crippen LogP contribution in [0.25, 0.3) is 10.9 Å². The Balaban J connectivity index is 2.16. The minimum atomic E-state index is 0.466. The van der Waals surface area contributed by atoms with Crippen molar-refractivity contribution in [3.05, 3.63) is 36.4 Å². The second-order valence-electron chi connectivity index (χ2n) is 4.90. The van der Waals surface area contributed by atoms with Gasteiger partial charge in [-0.25, -0.2) is 4.98 Å². The Bertz CT molecular complexity index is 503. The highest BCUT2D eigenvalue weighted by Crippen LogP contribution is 2.19. The Hall–Kier alpha value is -1.57. The standard InChI is InChI=1S/C16H22N2/c1-4-13(5-2)12(3)17-16-11-10-14-8-6-7-9-15(14)18-16/h6-13H,4-5H2,1-3H3,(H,17,18). The number of hydrogen-bond acceptors (Lipinski definition) is 2. The molecular weight excluding hydrogens is 220 g/mol. The van der Waals surface area contributed by atoms with E-state index in [2.05, 4.69) is 55.3 Å². The minimum Gasteiger partial charge on any atom is -0.367 e. The first kappa shape index (κ1) is 12.9. The summed E-state index contributed by atoms with van der Waals surface area (Å²) in [5.74, 6) is 1.69. The summed E-state index contributed by atoms with van der Waals surface area (Å²) < 4.78 is 0. The summed E-state index contributed by atoms with van der Waals surface area (Å²) in [6, 6.07) is 12.9. The van der Waals surface area contributed by atoms with E-state index in [9.17, 15) is 0 Å². The first-order chi connectivity index (χ1) is 8.74. The Morgan fingerprint density at radius 2 is 1.78 bits per heavy atom. The Kier molecular flexibility index (Phi) is 4.19. The van der Waals surface area contributed by atoms with Gasteiger partial charge in [-0.05, 0) is 31.0 Å². The van der Waals surface area contributed by atoms with Crippen molar-refractivity contribution < 1.29 is 0 Å². The highest BCUT2D eigenvalue weighted by Gasteiger charge is 2.13. The van der Waals surface area contributed by atoms with Crippen LogP contribution >= 0.6 is 0 Å². The molecule has 0 saturated carbocycles. The zero-order valence-electron chi connectivity index (χ0n) is 11.5. The van der Waals surface area contributed by atoms with Crippen LogP contribution in [-0.4, -0.2) is 11.0 Å². The van der Waals surface area contributed by atoms with E-state index in [0.29, 0.717) is 12.0 Å². The van der Waals surface area contributed by atoms with E-state index in [-0.39, 0.29) is 0 Å². The van der Waals surface area contributed by atoms with Crippen LogP contribution in [-0.2, 0) is 0 Å². The SMILES string of the molecule is CCC(CC)C(C)Nc1ccc2ccccc2n1. The third-order valence-corrected chi connectivity index (χ3v) is 3.73. The van der Waals surface area contributed by atoms with Gasteiger partial charge in [0, 0.05) is 11.4 Å². The van der Waals surface area contributed by atoms with Gasteiger partial charge in [-0.1, -0.05) is 44.9 Å². The van der Waals surface area contributed by atoms with E-state index in [4.69, 9.17) is 0 Å². The maximum absolute atomic E-state index is 4.66. The van der Waals surface area contributed by atoms with Gasteiger partial charge < -0.3 is 5.32 Å². The van der Waals surface area contributed by atoms with Gasteiger partial charge in [0.1, 0.15) is 5.82 Å². The van der Waals surface area contributed by atoms with E-state index in [1.807, 2.05) is 12.1 Å². The predicted octanol–water partition coefficient (Wildman–Crippen LogP) is 4.47. The molecule has 0 aliphatic rings. The van der Waals surface area contributed by atoms with E-state index in [0.717, 1.165) is 11.3 Å². The topological polar surface area (TPSA) is 24.9 Å². The van der Waals surface area contributed by atoms with Crippen LogP contribution in [0.3, 0.4) is 0 Å². The van der Waals surface area contributed by atoms with E-state index in [1.54, 1.807) is 0 Å². The van der Waals surface area contributed by atoms with Gasteiger partial charge in [0.05, 0.1) is 5.52 Å². The predicted molar refractivity (Wildman–Crippen MR) is 78.9 cm³/mol. The van der Waals surface area contributed by atoms with Gasteiger partial charge in [0.25, 0.3) is 0 Å². The summed E-state index contributed by atoms with van der Waals surface area (Å²) in [6.07, 6.45) is 2.41. The number of pyridine rings is 1. The lowest BCUT2D eigenvalue weighted by atomic mass is 9.95. The molecule has 1 unspecified atom stereocenters. The molecule has 0 aliphatic carbocycles. The average Bonchev–Trinajstić information content (AvgIpc) is 2.40. The molecule has 0 saturated heterocycles. The monoisotopic (exact) mass is 242 g/mol. The van der Waals surface area contributed by atoms with Gasteiger partial charge in [0.15, 0.2) is 0 Å². The van der Waals surface area contributed by atoms with Gasteiger partial charge in [-0.15, -0.1) is 0 Å². The fourth-order valence-electron chi connectivity index (χ4n) is 2.49. The fourth-order valence-corrected chi connectivity index (χ4v) is 2.49. The second kappa shape index (κ2) is 5.85. The van der Waals surface area contributed by atoms with Crippen molar-refractivity contribution in [2.24, 2.45) is 5.92 Å². The molecule has 0 bridgehead atoms. The van der Waals surface area contributed by atoms with Crippen LogP contribution < -0.4 is 5.32 Å². The van der Waals surface area contributed by atoms with Gasteiger partial charge >= 0.3 is 0 Å². The lowest BCUT2D eigenvalue weighted by Crippen LogP contribution is -2.25. The average molecular weight is 242 g/mol.